The molecule has 0 spiro atoms. The average Bonchev–Trinajstić information content (AvgIpc) is 2.73. The molecule has 0 radical (unpaired) electrons. The van der Waals surface area contributed by atoms with Crippen LogP contribution < -0.4 is 14.8 Å². The highest BCUT2D eigenvalue weighted by atomic mass is 35.5. The molecular formula is C20H17Cl2N3O4S. The van der Waals surface area contributed by atoms with Gasteiger partial charge in [0.15, 0.2) is 6.61 Å². The molecule has 2 N–H and O–H groups in total. The maximum atomic E-state index is 12.5. The summed E-state index contributed by atoms with van der Waals surface area (Å²) in [6.07, 6.45) is 3.27. The van der Waals surface area contributed by atoms with Crippen molar-refractivity contribution >= 4 is 44.8 Å². The summed E-state index contributed by atoms with van der Waals surface area (Å²) in [6.45, 7) is 0.0753. The number of pyridine rings is 1. The van der Waals surface area contributed by atoms with Crippen molar-refractivity contribution in [3.05, 3.63) is 82.6 Å². The second-order valence-electron chi connectivity index (χ2n) is 6.13. The number of hydrogen-bond donors (Lipinski definition) is 2. The van der Waals surface area contributed by atoms with Gasteiger partial charge in [-0.1, -0.05) is 23.2 Å². The number of ether oxygens (including phenoxy) is 1. The standard InChI is InChI=1S/C20H17Cl2N3O4S/c21-15-1-3-16(4-2-15)25-30(27,28)17-5-6-19(18(22)11-17)29-13-20(26)24-12-14-7-9-23-10-8-14/h1-11,25H,12-13H2,(H,24,26). The SMILES string of the molecule is O=C(COc1ccc(S(=O)(=O)Nc2ccc(Cl)cc2)cc1Cl)NCc1ccncc1. The number of halogens is 2. The third-order valence-corrected chi connectivity index (χ3v) is 5.83. The summed E-state index contributed by atoms with van der Waals surface area (Å²) in [5.41, 5.74) is 1.26. The maximum Gasteiger partial charge on any atom is 0.261 e. The molecule has 0 aliphatic rings. The number of carbonyl (C=O) groups is 1. The highest BCUT2D eigenvalue weighted by Crippen LogP contribution is 2.28. The lowest BCUT2D eigenvalue weighted by Gasteiger charge is -2.11. The number of nitrogens with zero attached hydrogens (tertiary/aromatic N) is 1. The fourth-order valence-corrected chi connectivity index (χ4v) is 3.90. The average molecular weight is 466 g/mol. The first-order chi connectivity index (χ1) is 14.3. The van der Waals surface area contributed by atoms with Crippen LogP contribution in [0.4, 0.5) is 5.69 Å². The Kier molecular flexibility index (Phi) is 7.15. The monoisotopic (exact) mass is 465 g/mol. The van der Waals surface area contributed by atoms with Crippen molar-refractivity contribution in [2.24, 2.45) is 0 Å². The second kappa shape index (κ2) is 9.80. The highest BCUT2D eigenvalue weighted by Gasteiger charge is 2.17. The minimum atomic E-state index is -3.85. The summed E-state index contributed by atoms with van der Waals surface area (Å²) in [5.74, 6) is -0.148. The van der Waals surface area contributed by atoms with E-state index in [1.165, 1.54) is 18.2 Å². The predicted octanol–water partition coefficient (Wildman–Crippen LogP) is 3.88. The van der Waals surface area contributed by atoms with Gasteiger partial charge in [-0.05, 0) is 60.2 Å². The van der Waals surface area contributed by atoms with Gasteiger partial charge in [-0.2, -0.15) is 0 Å². The molecule has 7 nitrogen and oxygen atoms in total. The Morgan fingerprint density at radius 2 is 1.70 bits per heavy atom. The van der Waals surface area contributed by atoms with Crippen LogP contribution in [-0.2, 0) is 21.4 Å². The fraction of sp³-hybridized carbons (Fsp3) is 0.100. The molecule has 0 aliphatic heterocycles. The van der Waals surface area contributed by atoms with Gasteiger partial charge in [0.2, 0.25) is 0 Å². The Hall–Kier alpha value is -2.81. The van der Waals surface area contributed by atoms with Crippen LogP contribution in [-0.4, -0.2) is 25.9 Å². The van der Waals surface area contributed by atoms with E-state index in [4.69, 9.17) is 27.9 Å². The number of carbonyl (C=O) groups excluding carboxylic acids is 1. The highest BCUT2D eigenvalue weighted by molar-refractivity contribution is 7.92. The van der Waals surface area contributed by atoms with Crippen LogP contribution in [0.15, 0.2) is 71.9 Å². The van der Waals surface area contributed by atoms with E-state index < -0.39 is 10.0 Å². The molecule has 1 amide bonds. The molecule has 3 aromatic rings. The Morgan fingerprint density at radius 1 is 1.00 bits per heavy atom. The molecule has 3 rings (SSSR count). The van der Waals surface area contributed by atoms with Crippen LogP contribution >= 0.6 is 23.2 Å². The normalized spacial score (nSPS) is 11.0. The molecule has 0 aliphatic carbocycles. The van der Waals surface area contributed by atoms with Gasteiger partial charge in [0.05, 0.1) is 9.92 Å². The Morgan fingerprint density at radius 3 is 2.37 bits per heavy atom. The molecular weight excluding hydrogens is 449 g/mol. The molecule has 156 valence electrons. The van der Waals surface area contributed by atoms with Crippen LogP contribution in [0.3, 0.4) is 0 Å². The zero-order chi connectivity index (χ0) is 21.6. The quantitative estimate of drug-likeness (QED) is 0.525. The Labute approximate surface area is 184 Å². The van der Waals surface area contributed by atoms with Crippen LogP contribution in [0.1, 0.15) is 5.56 Å². The van der Waals surface area contributed by atoms with Gasteiger partial charge in [0.25, 0.3) is 15.9 Å². The number of rotatable bonds is 8. The van der Waals surface area contributed by atoms with Gasteiger partial charge in [-0.3, -0.25) is 14.5 Å². The fourth-order valence-electron chi connectivity index (χ4n) is 2.39. The molecule has 0 bridgehead atoms. The van der Waals surface area contributed by atoms with Gasteiger partial charge >= 0.3 is 0 Å². The summed E-state index contributed by atoms with van der Waals surface area (Å²) in [6, 6.07) is 13.8. The summed E-state index contributed by atoms with van der Waals surface area (Å²) in [4.78, 5) is 15.8. The lowest BCUT2D eigenvalue weighted by molar-refractivity contribution is -0.123. The van der Waals surface area contributed by atoms with Crippen LogP contribution in [0.5, 0.6) is 5.75 Å². The van der Waals surface area contributed by atoms with Gasteiger partial charge in [0.1, 0.15) is 5.75 Å². The maximum absolute atomic E-state index is 12.5. The van der Waals surface area contributed by atoms with E-state index in [1.807, 2.05) is 0 Å². The molecule has 2 aromatic carbocycles. The number of aromatic nitrogens is 1. The summed E-state index contributed by atoms with van der Waals surface area (Å²) in [7, 11) is -3.85. The molecule has 0 saturated heterocycles. The van der Waals surface area contributed by atoms with Crippen molar-refractivity contribution in [3.63, 3.8) is 0 Å². The van der Waals surface area contributed by atoms with Gasteiger partial charge in [-0.25, -0.2) is 8.42 Å². The van der Waals surface area contributed by atoms with Crippen molar-refractivity contribution in [1.82, 2.24) is 10.3 Å². The van der Waals surface area contributed by atoms with Crippen LogP contribution in [0, 0.1) is 0 Å². The van der Waals surface area contributed by atoms with E-state index in [-0.39, 0.29) is 28.2 Å². The number of amides is 1. The van der Waals surface area contributed by atoms with Crippen LogP contribution in [0.25, 0.3) is 0 Å². The van der Waals surface area contributed by atoms with Gasteiger partial charge in [0, 0.05) is 29.6 Å². The molecule has 1 aromatic heterocycles. The third-order valence-electron chi connectivity index (χ3n) is 3.91. The molecule has 0 saturated carbocycles. The Bertz CT molecular complexity index is 1120. The third kappa shape index (κ3) is 6.09. The predicted molar refractivity (Wildman–Crippen MR) is 115 cm³/mol. The van der Waals surface area contributed by atoms with E-state index in [0.717, 1.165) is 5.56 Å². The molecule has 0 atom stereocenters. The first-order valence-electron chi connectivity index (χ1n) is 8.70. The largest absolute Gasteiger partial charge is 0.482 e. The molecule has 1 heterocycles. The number of nitrogens with one attached hydrogen (secondary N) is 2. The van der Waals surface area contributed by atoms with Crippen molar-refractivity contribution in [3.8, 4) is 5.75 Å². The Balaban J connectivity index is 1.59. The first kappa shape index (κ1) is 21.9. The van der Waals surface area contributed by atoms with E-state index in [0.29, 0.717) is 17.3 Å². The first-order valence-corrected chi connectivity index (χ1v) is 10.9. The van der Waals surface area contributed by atoms with Crippen molar-refractivity contribution < 1.29 is 17.9 Å². The zero-order valence-electron chi connectivity index (χ0n) is 15.5. The summed E-state index contributed by atoms with van der Waals surface area (Å²) < 4.78 is 32.9. The minimum absolute atomic E-state index is 0.0445. The number of sulfonamides is 1. The number of benzene rings is 2. The van der Waals surface area contributed by atoms with Crippen molar-refractivity contribution in [1.29, 1.82) is 0 Å². The zero-order valence-corrected chi connectivity index (χ0v) is 17.8. The smallest absolute Gasteiger partial charge is 0.261 e. The molecule has 10 heteroatoms. The van der Waals surface area contributed by atoms with Gasteiger partial charge < -0.3 is 10.1 Å². The van der Waals surface area contributed by atoms with E-state index in [2.05, 4.69) is 15.0 Å². The van der Waals surface area contributed by atoms with Crippen molar-refractivity contribution in [2.75, 3.05) is 11.3 Å². The molecule has 30 heavy (non-hydrogen) atoms. The van der Waals surface area contributed by atoms with Gasteiger partial charge in [-0.15, -0.1) is 0 Å². The van der Waals surface area contributed by atoms with E-state index in [9.17, 15) is 13.2 Å². The van der Waals surface area contributed by atoms with Crippen molar-refractivity contribution in [2.45, 2.75) is 11.4 Å². The van der Waals surface area contributed by atoms with E-state index >= 15 is 0 Å². The van der Waals surface area contributed by atoms with E-state index in [1.54, 1.807) is 48.8 Å². The number of anilines is 1. The van der Waals surface area contributed by atoms with Crippen LogP contribution in [0.2, 0.25) is 10.0 Å². The summed E-state index contributed by atoms with van der Waals surface area (Å²) >= 11 is 11.9. The second-order valence-corrected chi connectivity index (χ2v) is 8.65. The lowest BCUT2D eigenvalue weighted by atomic mass is 10.3. The molecule has 0 fully saturated rings. The topological polar surface area (TPSA) is 97.4 Å². The lowest BCUT2D eigenvalue weighted by Crippen LogP contribution is -2.28. The number of hydrogen-bond acceptors (Lipinski definition) is 5. The molecule has 0 unspecified atom stereocenters. The summed E-state index contributed by atoms with van der Waals surface area (Å²) in [5, 5.41) is 3.26. The minimum Gasteiger partial charge on any atom is -0.482 e.